The van der Waals surface area contributed by atoms with Gasteiger partial charge >= 0.3 is 0 Å². The Hall–Kier alpha value is -0.300. The van der Waals surface area contributed by atoms with Crippen molar-refractivity contribution in [1.82, 2.24) is 0 Å². The van der Waals surface area contributed by atoms with Crippen LogP contribution in [0.2, 0.25) is 0 Å². The van der Waals surface area contributed by atoms with Gasteiger partial charge in [-0.3, -0.25) is 0 Å². The van der Waals surface area contributed by atoms with Crippen LogP contribution >= 0.6 is 0 Å². The summed E-state index contributed by atoms with van der Waals surface area (Å²) < 4.78 is 0. The van der Waals surface area contributed by atoms with Crippen molar-refractivity contribution in [2.75, 3.05) is 0 Å². The average molecular weight is 183 g/mol. The Morgan fingerprint density at radius 2 is 1.77 bits per heavy atom. The van der Waals surface area contributed by atoms with E-state index in [1.807, 2.05) is 0 Å². The highest BCUT2D eigenvalue weighted by atomic mass is 14.6. The Morgan fingerprint density at radius 1 is 1.23 bits per heavy atom. The molecule has 1 heteroatoms. The first-order chi connectivity index (χ1) is 6.04. The van der Waals surface area contributed by atoms with Crippen LogP contribution in [0.1, 0.15) is 53.9 Å². The molecule has 2 atom stereocenters. The lowest BCUT2D eigenvalue weighted by Gasteiger charge is -2.22. The molecule has 1 nitrogen and oxygen atoms in total. The molecule has 0 heterocycles. The van der Waals surface area contributed by atoms with Crippen molar-refractivity contribution in [1.29, 1.82) is 0 Å². The van der Waals surface area contributed by atoms with Crippen LogP contribution in [0, 0.1) is 5.92 Å². The van der Waals surface area contributed by atoms with E-state index >= 15 is 0 Å². The third-order valence-corrected chi connectivity index (χ3v) is 2.72. The summed E-state index contributed by atoms with van der Waals surface area (Å²) in [5.41, 5.74) is 9.04. The minimum atomic E-state index is 0.282. The van der Waals surface area contributed by atoms with Crippen molar-refractivity contribution in [3.8, 4) is 0 Å². The van der Waals surface area contributed by atoms with Crippen LogP contribution in [0.15, 0.2) is 11.1 Å². The molecular formula is C12H25N. The summed E-state index contributed by atoms with van der Waals surface area (Å²) in [4.78, 5) is 0. The third-order valence-electron chi connectivity index (χ3n) is 2.72. The first-order valence-electron chi connectivity index (χ1n) is 5.47. The molecule has 0 aromatic heterocycles. The van der Waals surface area contributed by atoms with Crippen LogP contribution in [0.4, 0.5) is 0 Å². The number of hydrogen-bond donors (Lipinski definition) is 1. The molecule has 0 saturated heterocycles. The summed E-state index contributed by atoms with van der Waals surface area (Å²) in [6.07, 6.45) is 3.48. The summed E-state index contributed by atoms with van der Waals surface area (Å²) in [5, 5.41) is 0. The second-order valence-corrected chi connectivity index (χ2v) is 4.16. The molecule has 0 spiro atoms. The highest BCUT2D eigenvalue weighted by Crippen LogP contribution is 2.22. The predicted octanol–water partition coefficient (Wildman–Crippen LogP) is 3.50. The highest BCUT2D eigenvalue weighted by molar-refractivity contribution is 5.18. The molecule has 0 aromatic rings. The Morgan fingerprint density at radius 3 is 2.08 bits per heavy atom. The first kappa shape index (κ1) is 12.7. The van der Waals surface area contributed by atoms with Gasteiger partial charge in [-0.1, -0.05) is 38.3 Å². The van der Waals surface area contributed by atoms with Gasteiger partial charge in [0.25, 0.3) is 0 Å². The SMILES string of the molecule is CCCC(N)C(=C(C)C)C(C)CC. The molecule has 0 fully saturated rings. The second kappa shape index (κ2) is 6.20. The fraction of sp³-hybridized carbons (Fsp3) is 0.833. The lowest BCUT2D eigenvalue weighted by molar-refractivity contribution is 0.549. The van der Waals surface area contributed by atoms with Crippen molar-refractivity contribution in [3.63, 3.8) is 0 Å². The van der Waals surface area contributed by atoms with Gasteiger partial charge in [-0.2, -0.15) is 0 Å². The van der Waals surface area contributed by atoms with Gasteiger partial charge in [0, 0.05) is 6.04 Å². The topological polar surface area (TPSA) is 26.0 Å². The quantitative estimate of drug-likeness (QED) is 0.649. The minimum Gasteiger partial charge on any atom is -0.324 e. The molecule has 0 aromatic carbocycles. The zero-order chi connectivity index (χ0) is 10.4. The minimum absolute atomic E-state index is 0.282. The molecule has 0 aliphatic rings. The van der Waals surface area contributed by atoms with Gasteiger partial charge in [-0.15, -0.1) is 0 Å². The van der Waals surface area contributed by atoms with E-state index < -0.39 is 0 Å². The second-order valence-electron chi connectivity index (χ2n) is 4.16. The Balaban J connectivity index is 4.53. The number of hydrogen-bond acceptors (Lipinski definition) is 1. The van der Waals surface area contributed by atoms with E-state index in [1.165, 1.54) is 24.0 Å². The fourth-order valence-electron chi connectivity index (χ4n) is 1.92. The van der Waals surface area contributed by atoms with Crippen LogP contribution in [-0.2, 0) is 0 Å². The Bertz CT molecular complexity index is 166. The van der Waals surface area contributed by atoms with Crippen LogP contribution in [-0.4, -0.2) is 6.04 Å². The van der Waals surface area contributed by atoms with Crippen molar-refractivity contribution < 1.29 is 0 Å². The normalized spacial score (nSPS) is 15.2. The maximum absolute atomic E-state index is 6.15. The maximum Gasteiger partial charge on any atom is 0.0258 e. The lowest BCUT2D eigenvalue weighted by Crippen LogP contribution is -2.26. The monoisotopic (exact) mass is 183 g/mol. The van der Waals surface area contributed by atoms with E-state index in [1.54, 1.807) is 0 Å². The van der Waals surface area contributed by atoms with Gasteiger partial charge in [-0.25, -0.2) is 0 Å². The summed E-state index contributed by atoms with van der Waals surface area (Å²) in [6, 6.07) is 0.282. The molecule has 0 aliphatic heterocycles. The zero-order valence-electron chi connectivity index (χ0n) is 9.85. The molecule has 0 bridgehead atoms. The average Bonchev–Trinajstić information content (AvgIpc) is 2.04. The van der Waals surface area contributed by atoms with Crippen molar-refractivity contribution in [2.24, 2.45) is 11.7 Å². The van der Waals surface area contributed by atoms with E-state index in [4.69, 9.17) is 5.73 Å². The van der Waals surface area contributed by atoms with Gasteiger partial charge in [-0.05, 0) is 32.6 Å². The lowest BCUT2D eigenvalue weighted by atomic mass is 9.87. The predicted molar refractivity (Wildman–Crippen MR) is 60.7 cm³/mol. The molecule has 78 valence electrons. The van der Waals surface area contributed by atoms with Crippen molar-refractivity contribution >= 4 is 0 Å². The van der Waals surface area contributed by atoms with Crippen LogP contribution in [0.25, 0.3) is 0 Å². The molecule has 2 unspecified atom stereocenters. The van der Waals surface area contributed by atoms with Crippen molar-refractivity contribution in [3.05, 3.63) is 11.1 Å². The first-order valence-corrected chi connectivity index (χ1v) is 5.47. The van der Waals surface area contributed by atoms with E-state index in [2.05, 4.69) is 34.6 Å². The highest BCUT2D eigenvalue weighted by Gasteiger charge is 2.15. The van der Waals surface area contributed by atoms with Gasteiger partial charge < -0.3 is 5.73 Å². The number of allylic oxidation sites excluding steroid dienone is 1. The standard InChI is InChI=1S/C12H25N/c1-6-8-11(13)12(9(3)4)10(5)7-2/h10-11H,6-8,13H2,1-5H3. The summed E-state index contributed by atoms with van der Waals surface area (Å²) >= 11 is 0. The maximum atomic E-state index is 6.15. The number of nitrogens with two attached hydrogens (primary N) is 1. The van der Waals surface area contributed by atoms with Gasteiger partial charge in [0.05, 0.1) is 0 Å². The molecule has 0 rings (SSSR count). The van der Waals surface area contributed by atoms with Gasteiger partial charge in [0.15, 0.2) is 0 Å². The van der Waals surface area contributed by atoms with Crippen LogP contribution in [0.3, 0.4) is 0 Å². The summed E-state index contributed by atoms with van der Waals surface area (Å²) in [5.74, 6) is 0.645. The molecular weight excluding hydrogens is 158 g/mol. The molecule has 13 heavy (non-hydrogen) atoms. The van der Waals surface area contributed by atoms with E-state index in [0.29, 0.717) is 5.92 Å². The van der Waals surface area contributed by atoms with Gasteiger partial charge in [0.1, 0.15) is 0 Å². The molecule has 0 radical (unpaired) electrons. The Kier molecular flexibility index (Phi) is 6.06. The Labute approximate surface area is 83.4 Å². The smallest absolute Gasteiger partial charge is 0.0258 e. The molecule has 0 amide bonds. The summed E-state index contributed by atoms with van der Waals surface area (Å²) in [6.45, 7) is 11.1. The summed E-state index contributed by atoms with van der Waals surface area (Å²) in [7, 11) is 0. The molecule has 0 aliphatic carbocycles. The third kappa shape index (κ3) is 3.95. The van der Waals surface area contributed by atoms with Crippen molar-refractivity contribution in [2.45, 2.75) is 59.9 Å². The van der Waals surface area contributed by atoms with E-state index in [0.717, 1.165) is 6.42 Å². The fourth-order valence-corrected chi connectivity index (χ4v) is 1.92. The van der Waals surface area contributed by atoms with E-state index in [9.17, 15) is 0 Å². The molecule has 2 N–H and O–H groups in total. The van der Waals surface area contributed by atoms with E-state index in [-0.39, 0.29) is 6.04 Å². The number of rotatable bonds is 5. The van der Waals surface area contributed by atoms with Crippen LogP contribution < -0.4 is 5.73 Å². The van der Waals surface area contributed by atoms with Crippen LogP contribution in [0.5, 0.6) is 0 Å². The molecule has 0 saturated carbocycles. The van der Waals surface area contributed by atoms with Gasteiger partial charge in [0.2, 0.25) is 0 Å². The largest absolute Gasteiger partial charge is 0.324 e. The zero-order valence-corrected chi connectivity index (χ0v) is 9.85.